The first kappa shape index (κ1) is 11.7. The fourth-order valence-corrected chi connectivity index (χ4v) is 3.01. The Morgan fingerprint density at radius 1 is 1.26 bits per heavy atom. The second-order valence-electron chi connectivity index (χ2n) is 4.05. The summed E-state index contributed by atoms with van der Waals surface area (Å²) in [5, 5.41) is 0. The van der Waals surface area contributed by atoms with Crippen molar-refractivity contribution in [3.8, 4) is 0 Å². The van der Waals surface area contributed by atoms with Crippen LogP contribution in [0.2, 0.25) is 0 Å². The topological polar surface area (TPSA) is 104 Å². The summed E-state index contributed by atoms with van der Waals surface area (Å²) in [5.74, 6) is 0.202. The molecule has 0 spiro atoms. The lowest BCUT2D eigenvalue weighted by Gasteiger charge is -2.24. The van der Waals surface area contributed by atoms with Gasteiger partial charge in [0.05, 0.1) is 12.9 Å². The predicted octanol–water partition coefficient (Wildman–Crippen LogP) is 0.380. The summed E-state index contributed by atoms with van der Waals surface area (Å²) in [4.78, 5) is 6.80. The van der Waals surface area contributed by atoms with E-state index in [2.05, 4.69) is 14.4 Å². The van der Waals surface area contributed by atoms with Gasteiger partial charge in [-0.15, -0.1) is 4.40 Å². The van der Waals surface area contributed by atoms with Gasteiger partial charge in [0.2, 0.25) is 0 Å². The molecule has 98 valence electrons. The van der Waals surface area contributed by atoms with Gasteiger partial charge in [-0.05, 0) is 5.56 Å². The van der Waals surface area contributed by atoms with Crippen LogP contribution in [0.4, 0.5) is 5.82 Å². The van der Waals surface area contributed by atoms with Crippen molar-refractivity contribution in [3.63, 3.8) is 0 Å². The number of hydrogen-bond acceptors (Lipinski definition) is 4. The summed E-state index contributed by atoms with van der Waals surface area (Å²) in [5.41, 5.74) is 6.86. The molecule has 0 radical (unpaired) electrons. The van der Waals surface area contributed by atoms with Gasteiger partial charge in [-0.1, -0.05) is 30.3 Å². The van der Waals surface area contributed by atoms with Crippen LogP contribution in [0.3, 0.4) is 0 Å². The Bertz CT molecular complexity index is 735. The number of H-pyrrole nitrogens is 1. The monoisotopic (exact) mass is 277 g/mol. The van der Waals surface area contributed by atoms with Gasteiger partial charge in [-0.25, -0.2) is 9.29 Å². The van der Waals surface area contributed by atoms with Crippen molar-refractivity contribution in [2.24, 2.45) is 10.1 Å². The van der Waals surface area contributed by atoms with E-state index < -0.39 is 10.2 Å². The van der Waals surface area contributed by atoms with E-state index in [9.17, 15) is 8.42 Å². The number of anilines is 1. The van der Waals surface area contributed by atoms with E-state index in [1.54, 1.807) is 0 Å². The molecule has 0 saturated heterocycles. The fraction of sp³-hybridized carbons (Fsp3) is 0.0909. The molecular formula is C11H11N5O2S. The average Bonchev–Trinajstić information content (AvgIpc) is 2.84. The first-order chi connectivity index (χ1) is 9.08. The van der Waals surface area contributed by atoms with E-state index in [0.717, 1.165) is 9.87 Å². The molecule has 0 saturated carbocycles. The molecule has 0 fully saturated rings. The van der Waals surface area contributed by atoms with Crippen molar-refractivity contribution in [1.29, 1.82) is 0 Å². The van der Waals surface area contributed by atoms with Gasteiger partial charge in [0, 0.05) is 0 Å². The molecule has 0 amide bonds. The zero-order valence-corrected chi connectivity index (χ0v) is 10.6. The number of aromatic amines is 1. The van der Waals surface area contributed by atoms with Crippen LogP contribution >= 0.6 is 0 Å². The van der Waals surface area contributed by atoms with Gasteiger partial charge in [-0.2, -0.15) is 8.42 Å². The molecule has 1 aliphatic rings. The Balaban J connectivity index is 2.06. The molecule has 2 heterocycles. The Kier molecular flexibility index (Phi) is 2.53. The number of benzene rings is 1. The number of rotatable bonds is 2. The number of aromatic nitrogens is 2. The van der Waals surface area contributed by atoms with Gasteiger partial charge in [0.1, 0.15) is 5.69 Å². The summed E-state index contributed by atoms with van der Waals surface area (Å²) >= 11 is 0. The highest BCUT2D eigenvalue weighted by molar-refractivity contribution is 7.91. The van der Waals surface area contributed by atoms with Crippen LogP contribution < -0.4 is 10.0 Å². The van der Waals surface area contributed by atoms with Crippen molar-refractivity contribution in [2.75, 3.05) is 4.31 Å². The molecule has 8 heteroatoms. The molecule has 3 rings (SSSR count). The number of nitrogens with one attached hydrogen (secondary N) is 1. The lowest BCUT2D eigenvalue weighted by Crippen LogP contribution is -2.36. The Morgan fingerprint density at radius 3 is 2.74 bits per heavy atom. The average molecular weight is 277 g/mol. The molecule has 19 heavy (non-hydrogen) atoms. The standard InChI is InChI=1S/C11H11N5O2S/c12-10-9-11(14-7-13-9)16(19(17,18)15-10)6-8-4-2-1-3-5-8/h1-5,7H,6H2,(H2,12,15)(H,13,14). The van der Waals surface area contributed by atoms with Gasteiger partial charge in [0.25, 0.3) is 0 Å². The van der Waals surface area contributed by atoms with Crippen LogP contribution in [0.15, 0.2) is 41.1 Å². The van der Waals surface area contributed by atoms with Crippen molar-refractivity contribution in [1.82, 2.24) is 9.97 Å². The van der Waals surface area contributed by atoms with Crippen molar-refractivity contribution >= 4 is 21.9 Å². The van der Waals surface area contributed by atoms with Crippen LogP contribution in [0, 0.1) is 0 Å². The molecule has 2 aromatic rings. The molecule has 3 N–H and O–H groups in total. The second kappa shape index (κ2) is 4.09. The summed E-state index contributed by atoms with van der Waals surface area (Å²) in [7, 11) is -3.84. The minimum Gasteiger partial charge on any atom is -0.381 e. The van der Waals surface area contributed by atoms with E-state index in [4.69, 9.17) is 5.73 Å². The maximum atomic E-state index is 12.1. The molecule has 1 aromatic heterocycles. The van der Waals surface area contributed by atoms with Crippen LogP contribution in [0.1, 0.15) is 11.3 Å². The molecule has 0 aliphatic carbocycles. The van der Waals surface area contributed by atoms with E-state index in [-0.39, 0.29) is 18.2 Å². The van der Waals surface area contributed by atoms with Crippen LogP contribution in [-0.2, 0) is 16.8 Å². The summed E-state index contributed by atoms with van der Waals surface area (Å²) in [6, 6.07) is 9.22. The number of nitrogens with zero attached hydrogens (tertiary/aromatic N) is 3. The predicted molar refractivity (Wildman–Crippen MR) is 70.9 cm³/mol. The van der Waals surface area contributed by atoms with Gasteiger partial charge >= 0.3 is 10.2 Å². The number of imidazole rings is 1. The lowest BCUT2D eigenvalue weighted by molar-refractivity contribution is 0.591. The smallest absolute Gasteiger partial charge is 0.348 e. The molecule has 0 unspecified atom stereocenters. The zero-order valence-electron chi connectivity index (χ0n) is 9.81. The summed E-state index contributed by atoms with van der Waals surface area (Å²) < 4.78 is 28.8. The van der Waals surface area contributed by atoms with Gasteiger partial charge < -0.3 is 10.7 Å². The Hall–Kier alpha value is -2.35. The lowest BCUT2D eigenvalue weighted by atomic mass is 10.2. The SMILES string of the molecule is NC1=NS(=O)(=O)N(Cc2ccccc2)c2nc[nH]c21. The quantitative estimate of drug-likeness (QED) is 0.827. The second-order valence-corrected chi connectivity index (χ2v) is 5.57. The zero-order chi connectivity index (χ0) is 13.5. The molecule has 1 aliphatic heterocycles. The molecule has 0 atom stereocenters. The highest BCUT2D eigenvalue weighted by Crippen LogP contribution is 2.26. The van der Waals surface area contributed by atoms with Crippen molar-refractivity contribution in [2.45, 2.75) is 6.54 Å². The minimum atomic E-state index is -3.84. The van der Waals surface area contributed by atoms with Crippen LogP contribution in [-0.4, -0.2) is 24.2 Å². The van der Waals surface area contributed by atoms with E-state index in [1.807, 2.05) is 30.3 Å². The Labute approximate surface area is 110 Å². The third-order valence-electron chi connectivity index (χ3n) is 2.77. The van der Waals surface area contributed by atoms with Crippen molar-refractivity contribution < 1.29 is 8.42 Å². The number of amidine groups is 1. The number of fused-ring (bicyclic) bond motifs is 1. The van der Waals surface area contributed by atoms with Gasteiger partial charge in [-0.3, -0.25) is 0 Å². The maximum absolute atomic E-state index is 12.1. The number of hydrogen-bond donors (Lipinski definition) is 2. The molecule has 7 nitrogen and oxygen atoms in total. The highest BCUT2D eigenvalue weighted by atomic mass is 32.2. The fourth-order valence-electron chi connectivity index (χ4n) is 1.90. The molecule has 1 aromatic carbocycles. The normalized spacial score (nSPS) is 16.8. The largest absolute Gasteiger partial charge is 0.381 e. The van der Waals surface area contributed by atoms with E-state index in [0.29, 0.717) is 5.69 Å². The van der Waals surface area contributed by atoms with E-state index >= 15 is 0 Å². The van der Waals surface area contributed by atoms with Crippen LogP contribution in [0.5, 0.6) is 0 Å². The third kappa shape index (κ3) is 1.95. The van der Waals surface area contributed by atoms with Crippen molar-refractivity contribution in [3.05, 3.63) is 47.9 Å². The van der Waals surface area contributed by atoms with Crippen LogP contribution in [0.25, 0.3) is 0 Å². The van der Waals surface area contributed by atoms with E-state index in [1.165, 1.54) is 6.33 Å². The maximum Gasteiger partial charge on any atom is 0.348 e. The Morgan fingerprint density at radius 2 is 2.00 bits per heavy atom. The molecular weight excluding hydrogens is 266 g/mol. The van der Waals surface area contributed by atoms with Gasteiger partial charge in [0.15, 0.2) is 11.7 Å². The molecule has 0 bridgehead atoms. The minimum absolute atomic E-state index is 0.0724. The first-order valence-electron chi connectivity index (χ1n) is 5.54. The first-order valence-corrected chi connectivity index (χ1v) is 6.93. The highest BCUT2D eigenvalue weighted by Gasteiger charge is 2.32. The summed E-state index contributed by atoms with van der Waals surface area (Å²) in [6.45, 7) is 0.164. The summed E-state index contributed by atoms with van der Waals surface area (Å²) in [6.07, 6.45) is 1.39. The number of nitrogens with two attached hydrogens (primary N) is 1. The third-order valence-corrected chi connectivity index (χ3v) is 4.06.